The molecule has 1 rings (SSSR count). The molecule has 1 heterocycles. The fourth-order valence-corrected chi connectivity index (χ4v) is 2.65. The average molecular weight is 240 g/mol. The molecule has 0 aromatic heterocycles. The maximum absolute atomic E-state index is 3.65. The first-order valence-electron chi connectivity index (χ1n) is 7.82. The summed E-state index contributed by atoms with van der Waals surface area (Å²) in [4.78, 5) is 2.66. The molecule has 1 aliphatic heterocycles. The first-order chi connectivity index (χ1) is 8.36. The molecule has 2 heteroatoms. The maximum Gasteiger partial charge on any atom is 0.00914 e. The van der Waals surface area contributed by atoms with Crippen molar-refractivity contribution in [3.63, 3.8) is 0 Å². The van der Waals surface area contributed by atoms with Crippen LogP contribution in [0.4, 0.5) is 0 Å². The number of piperidine rings is 1. The molecule has 0 aromatic rings. The summed E-state index contributed by atoms with van der Waals surface area (Å²) >= 11 is 0. The molecular weight excluding hydrogens is 208 g/mol. The predicted molar refractivity (Wildman–Crippen MR) is 76.5 cm³/mol. The van der Waals surface area contributed by atoms with E-state index in [4.69, 9.17) is 0 Å². The number of nitrogens with zero attached hydrogens (tertiary/aromatic N) is 1. The van der Waals surface area contributed by atoms with Gasteiger partial charge in [0, 0.05) is 6.04 Å². The van der Waals surface area contributed by atoms with Gasteiger partial charge in [0.15, 0.2) is 0 Å². The number of hydrogen-bond acceptors (Lipinski definition) is 2. The second-order valence-electron chi connectivity index (χ2n) is 5.48. The van der Waals surface area contributed by atoms with Crippen LogP contribution in [0.2, 0.25) is 0 Å². The van der Waals surface area contributed by atoms with E-state index in [-0.39, 0.29) is 0 Å². The first-order valence-corrected chi connectivity index (χ1v) is 7.82. The van der Waals surface area contributed by atoms with E-state index in [1.807, 2.05) is 0 Å². The Kier molecular flexibility index (Phi) is 8.72. The summed E-state index contributed by atoms with van der Waals surface area (Å²) in [6, 6.07) is 0.797. The van der Waals surface area contributed by atoms with Crippen LogP contribution >= 0.6 is 0 Å². The molecule has 1 fully saturated rings. The Morgan fingerprint density at radius 2 is 1.65 bits per heavy atom. The third-order valence-corrected chi connectivity index (χ3v) is 3.85. The van der Waals surface area contributed by atoms with Crippen LogP contribution in [0.5, 0.6) is 0 Å². The number of nitrogens with one attached hydrogen (secondary N) is 1. The Hall–Kier alpha value is -0.0800. The Bertz CT molecular complexity index is 160. The molecule has 0 aliphatic carbocycles. The average Bonchev–Trinajstić information content (AvgIpc) is 2.37. The van der Waals surface area contributed by atoms with Crippen molar-refractivity contribution in [2.24, 2.45) is 0 Å². The van der Waals surface area contributed by atoms with Gasteiger partial charge in [0.05, 0.1) is 0 Å². The van der Waals surface area contributed by atoms with Crippen LogP contribution in [0, 0.1) is 0 Å². The smallest absolute Gasteiger partial charge is 0.00914 e. The monoisotopic (exact) mass is 240 g/mol. The minimum absolute atomic E-state index is 0.797. The van der Waals surface area contributed by atoms with E-state index in [0.29, 0.717) is 0 Å². The second kappa shape index (κ2) is 9.90. The van der Waals surface area contributed by atoms with Crippen LogP contribution in [-0.2, 0) is 0 Å². The van der Waals surface area contributed by atoms with Crippen LogP contribution in [0.15, 0.2) is 0 Å². The summed E-state index contributed by atoms with van der Waals surface area (Å²) in [5.41, 5.74) is 0. The molecule has 0 bridgehead atoms. The zero-order valence-corrected chi connectivity index (χ0v) is 12.0. The molecule has 1 aliphatic rings. The summed E-state index contributed by atoms with van der Waals surface area (Å²) in [6.07, 6.45) is 11.0. The first kappa shape index (κ1) is 15.0. The Balaban J connectivity index is 1.95. The summed E-state index contributed by atoms with van der Waals surface area (Å²) < 4.78 is 0. The van der Waals surface area contributed by atoms with Gasteiger partial charge >= 0.3 is 0 Å². The zero-order chi connectivity index (χ0) is 12.3. The number of rotatable bonds is 9. The van der Waals surface area contributed by atoms with Gasteiger partial charge in [0.25, 0.3) is 0 Å². The van der Waals surface area contributed by atoms with Crippen LogP contribution in [0.25, 0.3) is 0 Å². The molecule has 0 radical (unpaired) electrons. The highest BCUT2D eigenvalue weighted by Crippen LogP contribution is 2.12. The van der Waals surface area contributed by atoms with E-state index >= 15 is 0 Å². The molecule has 0 unspecified atom stereocenters. The molecule has 1 N–H and O–H groups in total. The van der Waals surface area contributed by atoms with Crippen molar-refractivity contribution < 1.29 is 0 Å². The number of hydrogen-bond donors (Lipinski definition) is 1. The van der Waals surface area contributed by atoms with Crippen LogP contribution in [0.1, 0.15) is 65.2 Å². The van der Waals surface area contributed by atoms with Gasteiger partial charge in [-0.25, -0.2) is 0 Å². The summed E-state index contributed by atoms with van der Waals surface area (Å²) in [6.45, 7) is 9.70. The Morgan fingerprint density at radius 3 is 2.29 bits per heavy atom. The van der Waals surface area contributed by atoms with E-state index in [0.717, 1.165) is 6.04 Å². The molecule has 0 spiro atoms. The molecule has 0 aromatic carbocycles. The van der Waals surface area contributed by atoms with Gasteiger partial charge in [-0.3, -0.25) is 0 Å². The van der Waals surface area contributed by atoms with Gasteiger partial charge in [-0.05, 0) is 51.9 Å². The molecular formula is C15H32N2. The standard InChI is InChI=1S/C15H32N2/c1-3-5-6-7-8-12-17-13-9-15(10-14-17)16-11-4-2/h15-16H,3-14H2,1-2H3. The normalized spacial score (nSPS) is 18.7. The highest BCUT2D eigenvalue weighted by atomic mass is 15.1. The van der Waals surface area contributed by atoms with E-state index in [1.54, 1.807) is 0 Å². The predicted octanol–water partition coefficient (Wildman–Crippen LogP) is 3.42. The quantitative estimate of drug-likeness (QED) is 0.621. The molecule has 17 heavy (non-hydrogen) atoms. The molecule has 0 amide bonds. The van der Waals surface area contributed by atoms with Crippen molar-refractivity contribution in [2.75, 3.05) is 26.2 Å². The van der Waals surface area contributed by atoms with Crippen LogP contribution in [-0.4, -0.2) is 37.1 Å². The topological polar surface area (TPSA) is 15.3 Å². The summed E-state index contributed by atoms with van der Waals surface area (Å²) in [5, 5.41) is 3.65. The number of unbranched alkanes of at least 4 members (excludes halogenated alkanes) is 4. The largest absolute Gasteiger partial charge is 0.314 e. The molecule has 0 saturated carbocycles. The summed E-state index contributed by atoms with van der Waals surface area (Å²) in [7, 11) is 0. The Labute approximate surface area is 108 Å². The van der Waals surface area contributed by atoms with E-state index < -0.39 is 0 Å². The zero-order valence-electron chi connectivity index (χ0n) is 12.0. The third kappa shape index (κ3) is 7.05. The maximum atomic E-state index is 3.65. The van der Waals surface area contributed by atoms with Crippen LogP contribution in [0.3, 0.4) is 0 Å². The lowest BCUT2D eigenvalue weighted by molar-refractivity contribution is 0.194. The van der Waals surface area contributed by atoms with Crippen molar-refractivity contribution in [1.82, 2.24) is 10.2 Å². The molecule has 1 saturated heterocycles. The van der Waals surface area contributed by atoms with E-state index in [2.05, 4.69) is 24.1 Å². The van der Waals surface area contributed by atoms with Gasteiger partial charge in [-0.1, -0.05) is 39.5 Å². The highest BCUT2D eigenvalue weighted by molar-refractivity contribution is 4.76. The van der Waals surface area contributed by atoms with E-state index in [1.165, 1.54) is 77.5 Å². The minimum atomic E-state index is 0.797. The van der Waals surface area contributed by atoms with Crippen molar-refractivity contribution in [3.05, 3.63) is 0 Å². The second-order valence-corrected chi connectivity index (χ2v) is 5.48. The van der Waals surface area contributed by atoms with Crippen LogP contribution < -0.4 is 5.32 Å². The lowest BCUT2D eigenvalue weighted by atomic mass is 10.0. The lowest BCUT2D eigenvalue weighted by Crippen LogP contribution is -2.42. The highest BCUT2D eigenvalue weighted by Gasteiger charge is 2.17. The molecule has 0 atom stereocenters. The summed E-state index contributed by atoms with van der Waals surface area (Å²) in [5.74, 6) is 0. The van der Waals surface area contributed by atoms with Crippen molar-refractivity contribution in [1.29, 1.82) is 0 Å². The van der Waals surface area contributed by atoms with Crippen molar-refractivity contribution in [2.45, 2.75) is 71.3 Å². The van der Waals surface area contributed by atoms with Gasteiger partial charge < -0.3 is 10.2 Å². The van der Waals surface area contributed by atoms with Gasteiger partial charge in [0.1, 0.15) is 0 Å². The Morgan fingerprint density at radius 1 is 0.941 bits per heavy atom. The molecule has 102 valence electrons. The number of likely N-dealkylation sites (tertiary alicyclic amines) is 1. The van der Waals surface area contributed by atoms with Gasteiger partial charge in [-0.15, -0.1) is 0 Å². The lowest BCUT2D eigenvalue weighted by Gasteiger charge is -2.32. The fraction of sp³-hybridized carbons (Fsp3) is 1.00. The minimum Gasteiger partial charge on any atom is -0.314 e. The fourth-order valence-electron chi connectivity index (χ4n) is 2.65. The van der Waals surface area contributed by atoms with Crippen molar-refractivity contribution in [3.8, 4) is 0 Å². The van der Waals surface area contributed by atoms with Crippen molar-refractivity contribution >= 4 is 0 Å². The van der Waals surface area contributed by atoms with Gasteiger partial charge in [0.2, 0.25) is 0 Å². The van der Waals surface area contributed by atoms with Gasteiger partial charge in [-0.2, -0.15) is 0 Å². The SMILES string of the molecule is CCCCCCCN1CCC(NCCC)CC1. The molecule has 2 nitrogen and oxygen atoms in total. The third-order valence-electron chi connectivity index (χ3n) is 3.85. The van der Waals surface area contributed by atoms with E-state index in [9.17, 15) is 0 Å².